The van der Waals surface area contributed by atoms with Crippen molar-refractivity contribution in [2.24, 2.45) is 10.9 Å². The van der Waals surface area contributed by atoms with Gasteiger partial charge in [-0.1, -0.05) is 44.2 Å². The number of ether oxygens (including phenoxy) is 1. The number of aliphatic imine (C=N–C) groups is 1. The van der Waals surface area contributed by atoms with Gasteiger partial charge in [0.05, 0.1) is 23.0 Å². The van der Waals surface area contributed by atoms with Gasteiger partial charge in [-0.3, -0.25) is 4.79 Å². The lowest BCUT2D eigenvalue weighted by molar-refractivity contribution is 0.292. The van der Waals surface area contributed by atoms with Gasteiger partial charge in [-0.15, -0.1) is 0 Å². The summed E-state index contributed by atoms with van der Waals surface area (Å²) in [6, 6.07) is 16.6. The van der Waals surface area contributed by atoms with E-state index in [4.69, 9.17) is 4.74 Å². The summed E-state index contributed by atoms with van der Waals surface area (Å²) in [5.74, 6) is 1.08. The molecule has 0 aliphatic carbocycles. The Bertz CT molecular complexity index is 784. The summed E-state index contributed by atoms with van der Waals surface area (Å²) in [6.07, 6.45) is 0. The van der Waals surface area contributed by atoms with Crippen molar-refractivity contribution in [1.29, 1.82) is 0 Å². The van der Waals surface area contributed by atoms with Crippen LogP contribution in [0.15, 0.2) is 64.4 Å². The standard InChI is InChI=1S/C19H20N2O2/c1-13(2)17-12-23-19(21-17)14-8-6-7-9-15(14)20-16-10-4-3-5-11-18(16)22/h3-11,13,17H,12H2,1-2H3,(H,20,22)/t17-/m1/s1. The molecule has 1 N–H and O–H groups in total. The molecule has 4 nitrogen and oxygen atoms in total. The molecule has 1 heterocycles. The van der Waals surface area contributed by atoms with Gasteiger partial charge in [0, 0.05) is 0 Å². The molecule has 0 bridgehead atoms. The third-order valence-electron chi connectivity index (χ3n) is 3.87. The van der Waals surface area contributed by atoms with Gasteiger partial charge in [0.15, 0.2) is 0 Å². The Labute approximate surface area is 135 Å². The SMILES string of the molecule is CC(C)[C@H]1COC(c2ccccc2Nc2cccccc2=O)=N1. The Morgan fingerprint density at radius 1 is 1.04 bits per heavy atom. The highest BCUT2D eigenvalue weighted by atomic mass is 16.5. The molecule has 0 saturated heterocycles. The minimum absolute atomic E-state index is 0.0564. The van der Waals surface area contributed by atoms with E-state index in [2.05, 4.69) is 24.2 Å². The van der Waals surface area contributed by atoms with Crippen molar-refractivity contribution in [3.8, 4) is 0 Å². The van der Waals surface area contributed by atoms with Crippen molar-refractivity contribution < 1.29 is 4.74 Å². The topological polar surface area (TPSA) is 50.7 Å². The number of benzene rings is 1. The van der Waals surface area contributed by atoms with Gasteiger partial charge in [0.25, 0.3) is 0 Å². The second-order valence-electron chi connectivity index (χ2n) is 5.92. The van der Waals surface area contributed by atoms with E-state index in [1.165, 1.54) is 0 Å². The number of nitrogens with zero attached hydrogens (tertiary/aromatic N) is 1. The normalized spacial score (nSPS) is 16.8. The van der Waals surface area contributed by atoms with E-state index in [9.17, 15) is 4.79 Å². The average Bonchev–Trinajstić information content (AvgIpc) is 2.95. The van der Waals surface area contributed by atoms with Crippen molar-refractivity contribution in [2.75, 3.05) is 11.9 Å². The third-order valence-corrected chi connectivity index (χ3v) is 3.87. The first-order valence-electron chi connectivity index (χ1n) is 7.81. The average molecular weight is 308 g/mol. The number of nitrogens with one attached hydrogen (secondary N) is 1. The van der Waals surface area contributed by atoms with E-state index in [-0.39, 0.29) is 11.5 Å². The maximum Gasteiger partial charge on any atom is 0.218 e. The van der Waals surface area contributed by atoms with Crippen molar-refractivity contribution >= 4 is 17.3 Å². The van der Waals surface area contributed by atoms with Crippen LogP contribution < -0.4 is 10.7 Å². The fourth-order valence-electron chi connectivity index (χ4n) is 2.44. The molecule has 0 unspecified atom stereocenters. The van der Waals surface area contributed by atoms with Gasteiger partial charge in [-0.25, -0.2) is 4.99 Å². The molecule has 23 heavy (non-hydrogen) atoms. The number of anilines is 2. The first-order valence-corrected chi connectivity index (χ1v) is 7.81. The zero-order valence-electron chi connectivity index (χ0n) is 13.3. The number of hydrogen-bond donors (Lipinski definition) is 1. The van der Waals surface area contributed by atoms with Crippen LogP contribution in [0.4, 0.5) is 11.4 Å². The second kappa shape index (κ2) is 6.65. The molecule has 2 aromatic carbocycles. The van der Waals surface area contributed by atoms with Gasteiger partial charge in [-0.05, 0) is 30.2 Å². The summed E-state index contributed by atoms with van der Waals surface area (Å²) in [4.78, 5) is 16.7. The molecule has 0 amide bonds. The Morgan fingerprint density at radius 2 is 1.74 bits per heavy atom. The lowest BCUT2D eigenvalue weighted by Gasteiger charge is -2.10. The Balaban J connectivity index is 1.95. The van der Waals surface area contributed by atoms with Crippen LogP contribution in [-0.2, 0) is 4.74 Å². The number of hydrogen-bond acceptors (Lipinski definition) is 4. The van der Waals surface area contributed by atoms with Crippen molar-refractivity contribution in [1.82, 2.24) is 0 Å². The minimum Gasteiger partial charge on any atom is -0.475 e. The highest BCUT2D eigenvalue weighted by molar-refractivity contribution is 6.01. The molecule has 4 heteroatoms. The number of rotatable bonds is 4. The zero-order chi connectivity index (χ0) is 16.2. The number of para-hydroxylation sites is 1. The third kappa shape index (κ3) is 3.42. The molecule has 0 saturated carbocycles. The van der Waals surface area contributed by atoms with E-state index < -0.39 is 0 Å². The van der Waals surface area contributed by atoms with Crippen LogP contribution in [0.1, 0.15) is 19.4 Å². The fourth-order valence-corrected chi connectivity index (χ4v) is 2.44. The molecule has 118 valence electrons. The van der Waals surface area contributed by atoms with Crippen LogP contribution in [0.25, 0.3) is 0 Å². The second-order valence-corrected chi connectivity index (χ2v) is 5.92. The van der Waals surface area contributed by atoms with E-state index in [1.54, 1.807) is 18.2 Å². The maximum atomic E-state index is 12.1. The van der Waals surface area contributed by atoms with Crippen molar-refractivity contribution in [2.45, 2.75) is 19.9 Å². The molecule has 0 fully saturated rings. The summed E-state index contributed by atoms with van der Waals surface area (Å²) >= 11 is 0. The zero-order valence-corrected chi connectivity index (χ0v) is 13.3. The van der Waals surface area contributed by atoms with Gasteiger partial charge in [0.1, 0.15) is 6.61 Å². The molecule has 3 rings (SSSR count). The van der Waals surface area contributed by atoms with Crippen molar-refractivity contribution in [3.05, 3.63) is 70.4 Å². The Kier molecular flexibility index (Phi) is 4.42. The Hall–Kier alpha value is -2.62. The summed E-state index contributed by atoms with van der Waals surface area (Å²) in [6.45, 7) is 4.88. The van der Waals surface area contributed by atoms with Crippen LogP contribution in [0.2, 0.25) is 0 Å². The maximum absolute atomic E-state index is 12.1. The lowest BCUT2D eigenvalue weighted by atomic mass is 10.1. The lowest BCUT2D eigenvalue weighted by Crippen LogP contribution is -2.13. The molecular formula is C19H20N2O2. The molecule has 1 atom stereocenters. The fraction of sp³-hybridized carbons (Fsp3) is 0.263. The van der Waals surface area contributed by atoms with Crippen LogP contribution in [0, 0.1) is 5.92 Å². The predicted molar refractivity (Wildman–Crippen MR) is 93.6 cm³/mol. The quantitative estimate of drug-likeness (QED) is 0.939. The van der Waals surface area contributed by atoms with Crippen LogP contribution in [-0.4, -0.2) is 18.5 Å². The summed E-state index contributed by atoms with van der Waals surface area (Å²) in [5.41, 5.74) is 2.17. The predicted octanol–water partition coefficient (Wildman–Crippen LogP) is 3.59. The molecule has 0 aromatic heterocycles. The molecule has 1 aliphatic rings. The highest BCUT2D eigenvalue weighted by Crippen LogP contribution is 2.24. The van der Waals surface area contributed by atoms with Crippen molar-refractivity contribution in [3.63, 3.8) is 0 Å². The van der Waals surface area contributed by atoms with Gasteiger partial charge >= 0.3 is 0 Å². The van der Waals surface area contributed by atoms with Gasteiger partial charge < -0.3 is 10.1 Å². The summed E-state index contributed by atoms with van der Waals surface area (Å²) < 4.78 is 5.77. The van der Waals surface area contributed by atoms with E-state index in [1.807, 2.05) is 36.4 Å². The van der Waals surface area contributed by atoms with E-state index in [0.29, 0.717) is 24.1 Å². The van der Waals surface area contributed by atoms with Gasteiger partial charge in [0.2, 0.25) is 11.3 Å². The largest absolute Gasteiger partial charge is 0.475 e. The molecular weight excluding hydrogens is 288 g/mol. The summed E-state index contributed by atoms with van der Waals surface area (Å²) in [5, 5.41) is 3.21. The monoisotopic (exact) mass is 308 g/mol. The van der Waals surface area contributed by atoms with Gasteiger partial charge in [-0.2, -0.15) is 0 Å². The van der Waals surface area contributed by atoms with Crippen LogP contribution in [0.5, 0.6) is 0 Å². The Morgan fingerprint density at radius 3 is 2.52 bits per heavy atom. The summed E-state index contributed by atoms with van der Waals surface area (Å²) in [7, 11) is 0. The molecule has 2 aromatic rings. The first-order chi connectivity index (χ1) is 11.1. The smallest absolute Gasteiger partial charge is 0.218 e. The van der Waals surface area contributed by atoms with E-state index in [0.717, 1.165) is 11.3 Å². The highest BCUT2D eigenvalue weighted by Gasteiger charge is 2.24. The van der Waals surface area contributed by atoms with Crippen LogP contribution in [0.3, 0.4) is 0 Å². The van der Waals surface area contributed by atoms with Crippen LogP contribution >= 0.6 is 0 Å². The molecule has 1 aliphatic heterocycles. The molecule has 0 radical (unpaired) electrons. The first kappa shape index (κ1) is 15.3. The molecule has 0 spiro atoms. The van der Waals surface area contributed by atoms with E-state index >= 15 is 0 Å². The minimum atomic E-state index is -0.0564.